The summed E-state index contributed by atoms with van der Waals surface area (Å²) < 4.78 is 37.5. The summed E-state index contributed by atoms with van der Waals surface area (Å²) >= 11 is 0. The van der Waals surface area contributed by atoms with Gasteiger partial charge in [-0.25, -0.2) is 0 Å². The van der Waals surface area contributed by atoms with E-state index in [1.165, 1.54) is 0 Å². The number of aromatic amines is 1. The Bertz CT molecular complexity index is 533. The number of hydrogen-bond donors (Lipinski definition) is 3. The van der Waals surface area contributed by atoms with Crippen molar-refractivity contribution in [3.63, 3.8) is 0 Å². The zero-order chi connectivity index (χ0) is 14.0. The number of nitrogens with one attached hydrogen (secondary N) is 3. The van der Waals surface area contributed by atoms with Crippen LogP contribution in [0.3, 0.4) is 0 Å². The highest BCUT2D eigenvalue weighted by Crippen LogP contribution is 2.29. The van der Waals surface area contributed by atoms with Gasteiger partial charge in [-0.15, -0.1) is 0 Å². The number of H-pyrrole nitrogens is 1. The molecule has 104 valence electrons. The van der Waals surface area contributed by atoms with Gasteiger partial charge in [-0.05, 0) is 25.5 Å². The standard InChI is InChI=1S/C11H12F3N3O2/c12-11(13,14)6-4-8(9(18)16-5-6)17-10(19)7-2-1-3-15-7/h4-5,7,15H,1-3H2,(H,16,18)(H,17,19)/t7-/m0/s1. The number of aromatic nitrogens is 1. The minimum Gasteiger partial charge on any atom is -0.327 e. The summed E-state index contributed by atoms with van der Waals surface area (Å²) in [5, 5.41) is 5.11. The molecule has 1 atom stereocenters. The number of alkyl halides is 3. The van der Waals surface area contributed by atoms with Crippen molar-refractivity contribution in [2.45, 2.75) is 25.1 Å². The number of carbonyl (C=O) groups excluding carboxylic acids is 1. The van der Waals surface area contributed by atoms with Crippen molar-refractivity contribution in [1.29, 1.82) is 0 Å². The average Bonchev–Trinajstić information content (AvgIpc) is 2.84. The van der Waals surface area contributed by atoms with Gasteiger partial charge in [0.1, 0.15) is 5.69 Å². The lowest BCUT2D eigenvalue weighted by Crippen LogP contribution is -2.37. The van der Waals surface area contributed by atoms with Gasteiger partial charge in [-0.3, -0.25) is 9.59 Å². The molecule has 1 aliphatic heterocycles. The molecule has 1 aromatic rings. The summed E-state index contributed by atoms with van der Waals surface area (Å²) in [7, 11) is 0. The quantitative estimate of drug-likeness (QED) is 0.756. The molecule has 2 heterocycles. The zero-order valence-corrected chi connectivity index (χ0v) is 9.80. The van der Waals surface area contributed by atoms with E-state index < -0.39 is 34.9 Å². The molecular formula is C11H12F3N3O2. The first-order valence-corrected chi connectivity index (χ1v) is 5.72. The van der Waals surface area contributed by atoms with Gasteiger partial charge in [0.15, 0.2) is 0 Å². The Hall–Kier alpha value is -1.83. The number of rotatable bonds is 2. The molecule has 0 unspecified atom stereocenters. The third-order valence-corrected chi connectivity index (χ3v) is 2.87. The van der Waals surface area contributed by atoms with E-state index in [0.29, 0.717) is 25.2 Å². The molecule has 1 saturated heterocycles. The van der Waals surface area contributed by atoms with Crippen molar-refractivity contribution < 1.29 is 18.0 Å². The minimum absolute atomic E-state index is 0.395. The van der Waals surface area contributed by atoms with Gasteiger partial charge in [0.25, 0.3) is 5.56 Å². The Kier molecular flexibility index (Phi) is 3.61. The first kappa shape index (κ1) is 13.6. The lowest BCUT2D eigenvalue weighted by molar-refractivity contribution is -0.137. The summed E-state index contributed by atoms with van der Waals surface area (Å²) in [6.45, 7) is 0.678. The van der Waals surface area contributed by atoms with Crippen LogP contribution in [0, 0.1) is 0 Å². The molecule has 0 bridgehead atoms. The van der Waals surface area contributed by atoms with Crippen LogP contribution in [0.4, 0.5) is 18.9 Å². The van der Waals surface area contributed by atoms with Gasteiger partial charge < -0.3 is 15.6 Å². The second-order valence-corrected chi connectivity index (χ2v) is 4.27. The van der Waals surface area contributed by atoms with E-state index in [0.717, 1.165) is 6.42 Å². The highest BCUT2D eigenvalue weighted by atomic mass is 19.4. The molecular weight excluding hydrogens is 263 g/mol. The maximum absolute atomic E-state index is 12.5. The fraction of sp³-hybridized carbons (Fsp3) is 0.455. The Morgan fingerprint density at radius 1 is 1.42 bits per heavy atom. The van der Waals surface area contributed by atoms with Crippen LogP contribution in [-0.2, 0) is 11.0 Å². The molecule has 0 spiro atoms. The van der Waals surface area contributed by atoms with Crippen LogP contribution in [0.15, 0.2) is 17.1 Å². The van der Waals surface area contributed by atoms with Crippen molar-refractivity contribution in [1.82, 2.24) is 10.3 Å². The number of carbonyl (C=O) groups is 1. The van der Waals surface area contributed by atoms with Crippen molar-refractivity contribution in [2.24, 2.45) is 0 Å². The maximum Gasteiger partial charge on any atom is 0.417 e. The van der Waals surface area contributed by atoms with E-state index in [1.54, 1.807) is 0 Å². The van der Waals surface area contributed by atoms with Gasteiger partial charge >= 0.3 is 6.18 Å². The third-order valence-electron chi connectivity index (χ3n) is 2.87. The SMILES string of the molecule is O=C(Nc1cc(C(F)(F)F)c[nH]c1=O)[C@@H]1CCCN1. The van der Waals surface area contributed by atoms with Gasteiger partial charge in [0.05, 0.1) is 11.6 Å². The van der Waals surface area contributed by atoms with Crippen LogP contribution in [0.2, 0.25) is 0 Å². The molecule has 1 aliphatic rings. The van der Waals surface area contributed by atoms with Gasteiger partial charge in [0.2, 0.25) is 5.91 Å². The number of hydrogen-bond acceptors (Lipinski definition) is 3. The molecule has 0 saturated carbocycles. The monoisotopic (exact) mass is 275 g/mol. The predicted octanol–water partition coefficient (Wildman–Crippen LogP) is 1.08. The summed E-state index contributed by atoms with van der Waals surface area (Å²) in [4.78, 5) is 25.1. The van der Waals surface area contributed by atoms with Crippen LogP contribution in [-0.4, -0.2) is 23.5 Å². The number of pyridine rings is 1. The Morgan fingerprint density at radius 3 is 2.74 bits per heavy atom. The molecule has 19 heavy (non-hydrogen) atoms. The lowest BCUT2D eigenvalue weighted by Gasteiger charge is -2.12. The van der Waals surface area contributed by atoms with E-state index in [1.807, 2.05) is 4.98 Å². The highest BCUT2D eigenvalue weighted by molar-refractivity contribution is 5.94. The first-order valence-electron chi connectivity index (χ1n) is 5.72. The number of halogens is 3. The molecule has 1 aromatic heterocycles. The highest BCUT2D eigenvalue weighted by Gasteiger charge is 2.32. The maximum atomic E-state index is 12.5. The van der Waals surface area contributed by atoms with E-state index in [2.05, 4.69) is 10.6 Å². The van der Waals surface area contributed by atoms with Crippen LogP contribution in [0.25, 0.3) is 0 Å². The van der Waals surface area contributed by atoms with E-state index >= 15 is 0 Å². The minimum atomic E-state index is -4.57. The largest absolute Gasteiger partial charge is 0.417 e. The van der Waals surface area contributed by atoms with Crippen LogP contribution < -0.4 is 16.2 Å². The van der Waals surface area contributed by atoms with Crippen molar-refractivity contribution in [3.8, 4) is 0 Å². The second-order valence-electron chi connectivity index (χ2n) is 4.27. The van der Waals surface area contributed by atoms with Gasteiger partial charge in [-0.1, -0.05) is 0 Å². The topological polar surface area (TPSA) is 74.0 Å². The fourth-order valence-electron chi connectivity index (χ4n) is 1.87. The average molecular weight is 275 g/mol. The normalized spacial score (nSPS) is 19.4. The molecule has 5 nitrogen and oxygen atoms in total. The summed E-state index contributed by atoms with van der Waals surface area (Å²) in [6, 6.07) is 0.167. The van der Waals surface area contributed by atoms with E-state index in [4.69, 9.17) is 0 Å². The number of amides is 1. The second kappa shape index (κ2) is 5.04. The Labute approximate surface area is 106 Å². The molecule has 1 fully saturated rings. The predicted molar refractivity (Wildman–Crippen MR) is 61.7 cm³/mol. The summed E-state index contributed by atoms with van der Waals surface area (Å²) in [6.07, 6.45) is -2.58. The van der Waals surface area contributed by atoms with Gasteiger partial charge in [-0.2, -0.15) is 13.2 Å². The summed E-state index contributed by atoms with van der Waals surface area (Å²) in [5.41, 5.74) is -2.17. The van der Waals surface area contributed by atoms with Crippen molar-refractivity contribution in [2.75, 3.05) is 11.9 Å². The molecule has 0 aromatic carbocycles. The van der Waals surface area contributed by atoms with Crippen LogP contribution >= 0.6 is 0 Å². The number of anilines is 1. The smallest absolute Gasteiger partial charge is 0.327 e. The van der Waals surface area contributed by atoms with Crippen molar-refractivity contribution in [3.05, 3.63) is 28.2 Å². The molecule has 2 rings (SSSR count). The zero-order valence-electron chi connectivity index (χ0n) is 9.80. The fourth-order valence-corrected chi connectivity index (χ4v) is 1.87. The molecule has 3 N–H and O–H groups in total. The van der Waals surface area contributed by atoms with Crippen molar-refractivity contribution >= 4 is 11.6 Å². The van der Waals surface area contributed by atoms with E-state index in [-0.39, 0.29) is 0 Å². The molecule has 0 aliphatic carbocycles. The lowest BCUT2D eigenvalue weighted by atomic mass is 10.2. The van der Waals surface area contributed by atoms with E-state index in [9.17, 15) is 22.8 Å². The van der Waals surface area contributed by atoms with Gasteiger partial charge in [0, 0.05) is 6.20 Å². The Morgan fingerprint density at radius 2 is 2.16 bits per heavy atom. The third kappa shape index (κ3) is 3.14. The molecule has 8 heteroatoms. The van der Waals surface area contributed by atoms with Crippen LogP contribution in [0.5, 0.6) is 0 Å². The first-order chi connectivity index (χ1) is 8.88. The molecule has 0 radical (unpaired) electrons. The summed E-state index contributed by atoms with van der Waals surface area (Å²) in [5.74, 6) is -0.498. The molecule has 1 amide bonds. The van der Waals surface area contributed by atoms with Crippen LogP contribution in [0.1, 0.15) is 18.4 Å². The Balaban J connectivity index is 2.19.